The molecular formula is C8H11NS2. The van der Waals surface area contributed by atoms with Crippen molar-refractivity contribution in [2.24, 2.45) is 0 Å². The van der Waals surface area contributed by atoms with Gasteiger partial charge in [0, 0.05) is 15.5 Å². The summed E-state index contributed by atoms with van der Waals surface area (Å²) in [5.41, 5.74) is 8.69. The highest BCUT2D eigenvalue weighted by atomic mass is 32.1. The second kappa shape index (κ2) is 2.99. The maximum absolute atomic E-state index is 5.71. The molecule has 0 aliphatic rings. The summed E-state index contributed by atoms with van der Waals surface area (Å²) in [7, 11) is 0. The summed E-state index contributed by atoms with van der Waals surface area (Å²) in [6.45, 7) is 3.98. The molecule has 0 heterocycles. The number of nitrogens with two attached hydrogens (primary N) is 1. The van der Waals surface area contributed by atoms with Crippen LogP contribution in [-0.2, 0) is 0 Å². The minimum Gasteiger partial charge on any atom is -0.398 e. The molecule has 0 saturated heterocycles. The Morgan fingerprint density at radius 1 is 1.18 bits per heavy atom. The van der Waals surface area contributed by atoms with Crippen LogP contribution in [0.25, 0.3) is 0 Å². The minimum atomic E-state index is 0.783. The van der Waals surface area contributed by atoms with Gasteiger partial charge >= 0.3 is 0 Å². The Hall–Kier alpha value is -0.280. The van der Waals surface area contributed by atoms with Crippen molar-refractivity contribution in [2.45, 2.75) is 23.6 Å². The Kier molecular flexibility index (Phi) is 2.40. The van der Waals surface area contributed by atoms with Gasteiger partial charge in [-0.2, -0.15) is 0 Å². The van der Waals surface area contributed by atoms with Gasteiger partial charge in [0.25, 0.3) is 0 Å². The van der Waals surface area contributed by atoms with E-state index >= 15 is 0 Å². The monoisotopic (exact) mass is 185 g/mol. The Bertz CT molecular complexity index is 268. The van der Waals surface area contributed by atoms with Gasteiger partial charge in [-0.05, 0) is 31.0 Å². The van der Waals surface area contributed by atoms with E-state index in [0.717, 1.165) is 26.6 Å². The van der Waals surface area contributed by atoms with Gasteiger partial charge in [0.1, 0.15) is 0 Å². The second-order valence-corrected chi connectivity index (χ2v) is 3.51. The summed E-state index contributed by atoms with van der Waals surface area (Å²) in [5.74, 6) is 0. The first-order chi connectivity index (χ1) is 5.04. The Morgan fingerprint density at radius 2 is 1.73 bits per heavy atom. The third kappa shape index (κ3) is 1.49. The van der Waals surface area contributed by atoms with Gasteiger partial charge in [-0.25, -0.2) is 0 Å². The number of hydrogen-bond acceptors (Lipinski definition) is 3. The van der Waals surface area contributed by atoms with Gasteiger partial charge in [0.2, 0.25) is 0 Å². The standard InChI is InChI=1S/C8H11NS2/c1-4-5(2)8(11)7(10)3-6(4)9/h3,10-11H,9H2,1-2H3. The average molecular weight is 185 g/mol. The molecular weight excluding hydrogens is 174 g/mol. The van der Waals surface area contributed by atoms with E-state index < -0.39 is 0 Å². The van der Waals surface area contributed by atoms with E-state index in [0.29, 0.717) is 0 Å². The summed E-state index contributed by atoms with van der Waals surface area (Å²) in [6, 6.07) is 1.83. The number of thiol groups is 2. The molecule has 0 saturated carbocycles. The number of anilines is 1. The lowest BCUT2D eigenvalue weighted by Crippen LogP contribution is -1.94. The van der Waals surface area contributed by atoms with Crippen molar-refractivity contribution in [3.63, 3.8) is 0 Å². The zero-order valence-corrected chi connectivity index (χ0v) is 8.34. The fourth-order valence-corrected chi connectivity index (χ4v) is 1.45. The molecule has 0 unspecified atom stereocenters. The molecule has 1 nitrogen and oxygen atoms in total. The van der Waals surface area contributed by atoms with Crippen LogP contribution in [0.4, 0.5) is 5.69 Å². The van der Waals surface area contributed by atoms with E-state index in [1.54, 1.807) is 0 Å². The molecule has 1 rings (SSSR count). The molecule has 0 bridgehead atoms. The van der Waals surface area contributed by atoms with Crippen molar-refractivity contribution in [3.8, 4) is 0 Å². The van der Waals surface area contributed by atoms with Crippen LogP contribution in [0.2, 0.25) is 0 Å². The fraction of sp³-hybridized carbons (Fsp3) is 0.250. The molecule has 0 radical (unpaired) electrons. The van der Waals surface area contributed by atoms with Crippen LogP contribution in [0.15, 0.2) is 15.9 Å². The number of benzene rings is 1. The van der Waals surface area contributed by atoms with Gasteiger partial charge in [-0.3, -0.25) is 0 Å². The van der Waals surface area contributed by atoms with Crippen molar-refractivity contribution in [1.29, 1.82) is 0 Å². The highest BCUT2D eigenvalue weighted by Crippen LogP contribution is 2.28. The molecule has 0 fully saturated rings. The maximum atomic E-state index is 5.71. The van der Waals surface area contributed by atoms with Crippen LogP contribution in [0.3, 0.4) is 0 Å². The predicted molar refractivity (Wildman–Crippen MR) is 54.8 cm³/mol. The lowest BCUT2D eigenvalue weighted by molar-refractivity contribution is 1.15. The van der Waals surface area contributed by atoms with Crippen molar-refractivity contribution >= 4 is 30.9 Å². The topological polar surface area (TPSA) is 26.0 Å². The SMILES string of the molecule is Cc1c(N)cc(S)c(S)c1C. The first kappa shape index (κ1) is 8.81. The van der Waals surface area contributed by atoms with Crippen LogP contribution in [0.1, 0.15) is 11.1 Å². The molecule has 0 atom stereocenters. The molecule has 2 N–H and O–H groups in total. The normalized spacial score (nSPS) is 10.2. The molecule has 0 aliphatic carbocycles. The van der Waals surface area contributed by atoms with Gasteiger partial charge in [-0.15, -0.1) is 25.3 Å². The largest absolute Gasteiger partial charge is 0.398 e. The predicted octanol–water partition coefficient (Wildman–Crippen LogP) is 2.46. The van der Waals surface area contributed by atoms with Crippen LogP contribution in [0, 0.1) is 13.8 Å². The van der Waals surface area contributed by atoms with Crippen molar-refractivity contribution in [2.75, 3.05) is 5.73 Å². The molecule has 0 aliphatic heterocycles. The quantitative estimate of drug-likeness (QED) is 0.420. The minimum absolute atomic E-state index is 0.783. The van der Waals surface area contributed by atoms with Gasteiger partial charge in [0.05, 0.1) is 0 Å². The molecule has 0 aromatic heterocycles. The average Bonchev–Trinajstić information content (AvgIpc) is 1.97. The summed E-state index contributed by atoms with van der Waals surface area (Å²) >= 11 is 8.52. The smallest absolute Gasteiger partial charge is 0.0358 e. The van der Waals surface area contributed by atoms with Crippen LogP contribution >= 0.6 is 25.3 Å². The maximum Gasteiger partial charge on any atom is 0.0358 e. The molecule has 3 heteroatoms. The van der Waals surface area contributed by atoms with E-state index in [2.05, 4.69) is 25.3 Å². The summed E-state index contributed by atoms with van der Waals surface area (Å²) in [5, 5.41) is 0. The number of hydrogen-bond donors (Lipinski definition) is 3. The highest BCUT2D eigenvalue weighted by Gasteiger charge is 2.04. The number of rotatable bonds is 0. The van der Waals surface area contributed by atoms with E-state index in [1.807, 2.05) is 19.9 Å². The Morgan fingerprint density at radius 3 is 2.27 bits per heavy atom. The molecule has 60 valence electrons. The molecule has 11 heavy (non-hydrogen) atoms. The third-order valence-electron chi connectivity index (χ3n) is 1.89. The second-order valence-electron chi connectivity index (χ2n) is 2.58. The first-order valence-electron chi connectivity index (χ1n) is 3.31. The van der Waals surface area contributed by atoms with Crippen LogP contribution in [0.5, 0.6) is 0 Å². The van der Waals surface area contributed by atoms with Crippen molar-refractivity contribution in [3.05, 3.63) is 17.2 Å². The van der Waals surface area contributed by atoms with Crippen molar-refractivity contribution < 1.29 is 0 Å². The number of nitrogen functional groups attached to an aromatic ring is 1. The van der Waals surface area contributed by atoms with Crippen LogP contribution < -0.4 is 5.73 Å². The zero-order valence-electron chi connectivity index (χ0n) is 6.55. The van der Waals surface area contributed by atoms with Gasteiger partial charge < -0.3 is 5.73 Å². The molecule has 1 aromatic rings. The van der Waals surface area contributed by atoms with E-state index in [4.69, 9.17) is 5.73 Å². The van der Waals surface area contributed by atoms with Crippen LogP contribution in [-0.4, -0.2) is 0 Å². The van der Waals surface area contributed by atoms with Crippen molar-refractivity contribution in [1.82, 2.24) is 0 Å². The Balaban J connectivity index is 3.46. The van der Waals surface area contributed by atoms with E-state index in [-0.39, 0.29) is 0 Å². The van der Waals surface area contributed by atoms with E-state index in [9.17, 15) is 0 Å². The molecule has 1 aromatic carbocycles. The van der Waals surface area contributed by atoms with Gasteiger partial charge in [-0.1, -0.05) is 0 Å². The summed E-state index contributed by atoms with van der Waals surface area (Å²) in [6.07, 6.45) is 0. The summed E-state index contributed by atoms with van der Waals surface area (Å²) in [4.78, 5) is 1.76. The highest BCUT2D eigenvalue weighted by molar-refractivity contribution is 7.83. The lowest BCUT2D eigenvalue weighted by Gasteiger charge is -2.08. The third-order valence-corrected chi connectivity index (χ3v) is 2.99. The Labute approximate surface area is 77.8 Å². The molecule has 0 amide bonds. The lowest BCUT2D eigenvalue weighted by atomic mass is 10.1. The molecule has 0 spiro atoms. The zero-order chi connectivity index (χ0) is 8.59. The first-order valence-corrected chi connectivity index (χ1v) is 4.21. The van der Waals surface area contributed by atoms with Gasteiger partial charge in [0.15, 0.2) is 0 Å². The fourth-order valence-electron chi connectivity index (χ4n) is 0.910. The van der Waals surface area contributed by atoms with E-state index in [1.165, 1.54) is 0 Å². The summed E-state index contributed by atoms with van der Waals surface area (Å²) < 4.78 is 0.